The van der Waals surface area contributed by atoms with Gasteiger partial charge in [-0.25, -0.2) is 0 Å². The van der Waals surface area contributed by atoms with Crippen LogP contribution in [0.15, 0.2) is 72.8 Å². The van der Waals surface area contributed by atoms with E-state index in [1.54, 1.807) is 12.1 Å². The molecule has 0 saturated carbocycles. The summed E-state index contributed by atoms with van der Waals surface area (Å²) < 4.78 is 5.76. The van der Waals surface area contributed by atoms with Crippen molar-refractivity contribution in [3.63, 3.8) is 0 Å². The quantitative estimate of drug-likeness (QED) is 0.539. The van der Waals surface area contributed by atoms with Crippen LogP contribution in [0.4, 0.5) is 0 Å². The first kappa shape index (κ1) is 14.0. The third-order valence-corrected chi connectivity index (χ3v) is 3.91. The molecule has 3 aromatic carbocycles. The second kappa shape index (κ2) is 6.21. The van der Waals surface area contributed by atoms with E-state index in [4.69, 9.17) is 27.9 Å². The summed E-state index contributed by atoms with van der Waals surface area (Å²) in [7, 11) is 0. The van der Waals surface area contributed by atoms with E-state index in [1.807, 2.05) is 48.5 Å². The predicted octanol–water partition coefficient (Wildman–Crippen LogP) is 6.45. The summed E-state index contributed by atoms with van der Waals surface area (Å²) in [6.07, 6.45) is 0. The number of rotatable bonds is 3. The van der Waals surface area contributed by atoms with Gasteiger partial charge in [-0.05, 0) is 35.4 Å². The normalized spacial score (nSPS) is 10.4. The van der Waals surface area contributed by atoms with Crippen LogP contribution >= 0.6 is 23.2 Å². The summed E-state index contributed by atoms with van der Waals surface area (Å²) in [4.78, 5) is 0. The number of halogens is 2. The molecule has 0 fully saturated rings. The molecule has 0 unspecified atom stereocenters. The van der Waals surface area contributed by atoms with Gasteiger partial charge in [0.05, 0.1) is 5.02 Å². The Hall–Kier alpha value is -1.96. The summed E-state index contributed by atoms with van der Waals surface area (Å²) in [5, 5.41) is 0.904. The van der Waals surface area contributed by atoms with Gasteiger partial charge in [-0.15, -0.1) is 0 Å². The highest BCUT2D eigenvalue weighted by Gasteiger charge is 2.06. The molecule has 0 amide bonds. The van der Waals surface area contributed by atoms with E-state index in [0.29, 0.717) is 15.8 Å². The van der Waals surface area contributed by atoms with Gasteiger partial charge in [-0.2, -0.15) is 0 Å². The monoisotopic (exact) mass is 314 g/mol. The van der Waals surface area contributed by atoms with Crippen molar-refractivity contribution < 1.29 is 4.74 Å². The van der Waals surface area contributed by atoms with Gasteiger partial charge in [0.25, 0.3) is 0 Å². The van der Waals surface area contributed by atoms with Crippen LogP contribution < -0.4 is 4.74 Å². The average Bonchev–Trinajstić information content (AvgIpc) is 2.53. The summed E-state index contributed by atoms with van der Waals surface area (Å²) in [5.74, 6) is 1.27. The van der Waals surface area contributed by atoms with Crippen molar-refractivity contribution in [2.45, 2.75) is 0 Å². The van der Waals surface area contributed by atoms with Crippen molar-refractivity contribution in [3.8, 4) is 22.6 Å². The first-order chi connectivity index (χ1) is 10.2. The minimum absolute atomic E-state index is 0.423. The van der Waals surface area contributed by atoms with Crippen molar-refractivity contribution in [3.05, 3.63) is 82.8 Å². The van der Waals surface area contributed by atoms with Crippen LogP contribution in [0.25, 0.3) is 11.1 Å². The Morgan fingerprint density at radius 2 is 1.29 bits per heavy atom. The first-order valence-electron chi connectivity index (χ1n) is 6.51. The largest absolute Gasteiger partial charge is 0.456 e. The van der Waals surface area contributed by atoms with Crippen molar-refractivity contribution in [2.75, 3.05) is 0 Å². The first-order valence-corrected chi connectivity index (χ1v) is 7.27. The van der Waals surface area contributed by atoms with Crippen LogP contribution in [0.3, 0.4) is 0 Å². The zero-order valence-corrected chi connectivity index (χ0v) is 12.6. The number of hydrogen-bond donors (Lipinski definition) is 0. The lowest BCUT2D eigenvalue weighted by Crippen LogP contribution is -1.86. The van der Waals surface area contributed by atoms with Gasteiger partial charge in [0.1, 0.15) is 16.5 Å². The van der Waals surface area contributed by atoms with Gasteiger partial charge in [0.2, 0.25) is 0 Å². The maximum Gasteiger partial charge on any atom is 0.147 e. The fourth-order valence-corrected chi connectivity index (χ4v) is 2.37. The van der Waals surface area contributed by atoms with Crippen molar-refractivity contribution in [1.82, 2.24) is 0 Å². The summed E-state index contributed by atoms with van der Waals surface area (Å²) in [6, 6.07) is 23.4. The average molecular weight is 315 g/mol. The Labute approximate surface area is 133 Å². The summed E-state index contributed by atoms with van der Waals surface area (Å²) in [6.45, 7) is 0. The van der Waals surface area contributed by atoms with Crippen LogP contribution in [0.2, 0.25) is 10.0 Å². The second-order valence-electron chi connectivity index (χ2n) is 4.54. The minimum Gasteiger partial charge on any atom is -0.456 e. The van der Waals surface area contributed by atoms with Crippen LogP contribution in [0, 0.1) is 0 Å². The molecule has 21 heavy (non-hydrogen) atoms. The highest BCUT2D eigenvalue weighted by Crippen LogP contribution is 2.35. The Kier molecular flexibility index (Phi) is 4.14. The van der Waals surface area contributed by atoms with E-state index in [-0.39, 0.29) is 0 Å². The van der Waals surface area contributed by atoms with E-state index < -0.39 is 0 Å². The molecule has 0 spiro atoms. The zero-order chi connectivity index (χ0) is 14.7. The van der Waals surface area contributed by atoms with Crippen LogP contribution in [0.5, 0.6) is 11.5 Å². The van der Waals surface area contributed by atoms with Crippen LogP contribution in [-0.4, -0.2) is 0 Å². The van der Waals surface area contributed by atoms with Crippen LogP contribution in [0.1, 0.15) is 0 Å². The molecule has 0 radical (unpaired) electrons. The Morgan fingerprint density at radius 1 is 0.619 bits per heavy atom. The van der Waals surface area contributed by atoms with Crippen molar-refractivity contribution in [1.29, 1.82) is 0 Å². The Morgan fingerprint density at radius 3 is 2.00 bits per heavy atom. The zero-order valence-electron chi connectivity index (χ0n) is 11.1. The molecule has 1 nitrogen and oxygen atoms in total. The number of benzene rings is 3. The Bertz CT molecular complexity index is 737. The van der Waals surface area contributed by atoms with Gasteiger partial charge in [-0.1, -0.05) is 71.7 Å². The number of hydrogen-bond acceptors (Lipinski definition) is 1. The fraction of sp³-hybridized carbons (Fsp3) is 0. The van der Waals surface area contributed by atoms with Gasteiger partial charge >= 0.3 is 0 Å². The molecule has 0 N–H and O–H groups in total. The third kappa shape index (κ3) is 3.21. The van der Waals surface area contributed by atoms with E-state index in [9.17, 15) is 0 Å². The third-order valence-electron chi connectivity index (χ3n) is 3.11. The molecule has 3 rings (SSSR count). The molecule has 0 atom stereocenters. The van der Waals surface area contributed by atoms with Gasteiger partial charge in [-0.3, -0.25) is 0 Å². The van der Waals surface area contributed by atoms with E-state index in [1.165, 1.54) is 5.56 Å². The van der Waals surface area contributed by atoms with E-state index in [2.05, 4.69) is 12.1 Å². The van der Waals surface area contributed by atoms with Crippen LogP contribution in [-0.2, 0) is 0 Å². The standard InChI is InChI=1S/C18H12Cl2O/c19-16-7-4-8-17(18(16)20)21-15-11-9-14(10-12-15)13-5-2-1-3-6-13/h1-12H. The maximum absolute atomic E-state index is 6.11. The summed E-state index contributed by atoms with van der Waals surface area (Å²) >= 11 is 12.1. The highest BCUT2D eigenvalue weighted by atomic mass is 35.5. The lowest BCUT2D eigenvalue weighted by Gasteiger charge is -2.09. The molecule has 0 aliphatic rings. The molecule has 0 aliphatic heterocycles. The van der Waals surface area contributed by atoms with Gasteiger partial charge < -0.3 is 4.74 Å². The van der Waals surface area contributed by atoms with E-state index in [0.717, 1.165) is 11.3 Å². The lowest BCUT2D eigenvalue weighted by atomic mass is 10.1. The van der Waals surface area contributed by atoms with Gasteiger partial charge in [0.15, 0.2) is 0 Å². The molecule has 0 heterocycles. The smallest absolute Gasteiger partial charge is 0.147 e. The van der Waals surface area contributed by atoms with Gasteiger partial charge in [0, 0.05) is 0 Å². The van der Waals surface area contributed by atoms with Crippen molar-refractivity contribution in [2.24, 2.45) is 0 Å². The molecule has 0 aliphatic carbocycles. The fourth-order valence-electron chi connectivity index (χ4n) is 2.04. The molecule has 0 saturated heterocycles. The predicted molar refractivity (Wildman–Crippen MR) is 88.4 cm³/mol. The molecular formula is C18H12Cl2O. The molecule has 3 heteroatoms. The lowest BCUT2D eigenvalue weighted by molar-refractivity contribution is 0.483. The minimum atomic E-state index is 0.423. The Balaban J connectivity index is 1.83. The molecule has 104 valence electrons. The summed E-state index contributed by atoms with van der Waals surface area (Å²) in [5.41, 5.74) is 2.31. The molecule has 3 aromatic rings. The SMILES string of the molecule is Clc1cccc(Oc2ccc(-c3ccccc3)cc2)c1Cl. The molecular weight excluding hydrogens is 303 g/mol. The van der Waals surface area contributed by atoms with Crippen molar-refractivity contribution >= 4 is 23.2 Å². The molecule has 0 aromatic heterocycles. The maximum atomic E-state index is 6.11. The van der Waals surface area contributed by atoms with E-state index >= 15 is 0 Å². The topological polar surface area (TPSA) is 9.23 Å². The molecule has 0 bridgehead atoms. The highest BCUT2D eigenvalue weighted by molar-refractivity contribution is 6.42. The number of ether oxygens (including phenoxy) is 1. The second-order valence-corrected chi connectivity index (χ2v) is 5.33.